The van der Waals surface area contributed by atoms with Crippen LogP contribution < -0.4 is 0 Å². The molecule has 2 heterocycles. The van der Waals surface area contributed by atoms with Crippen LogP contribution in [0.15, 0.2) is 0 Å². The van der Waals surface area contributed by atoms with Crippen molar-refractivity contribution < 1.29 is 9.05 Å². The minimum absolute atomic E-state index is 0.864. The zero-order valence-electron chi connectivity index (χ0n) is 9.92. The van der Waals surface area contributed by atoms with E-state index in [4.69, 9.17) is 20.9 Å². The van der Waals surface area contributed by atoms with Crippen LogP contribution in [0.2, 0.25) is 0 Å². The van der Waals surface area contributed by atoms with Gasteiger partial charge in [0.05, 0.1) is 0 Å². The molecule has 3 nitrogen and oxygen atoms in total. The molecule has 0 atom stereocenters. The Balaban J connectivity index is 1.97. The van der Waals surface area contributed by atoms with Crippen molar-refractivity contribution >= 4 is 29.1 Å². The van der Waals surface area contributed by atoms with Gasteiger partial charge in [-0.05, 0) is 49.3 Å². The molecule has 1 aliphatic carbocycles. The van der Waals surface area contributed by atoms with Crippen LogP contribution in [0.4, 0.5) is 0 Å². The Morgan fingerprint density at radius 1 is 1.06 bits per heavy atom. The van der Waals surface area contributed by atoms with Gasteiger partial charge >= 0.3 is 0 Å². The Labute approximate surface area is 107 Å². The third-order valence-corrected chi connectivity index (χ3v) is 8.86. The summed E-state index contributed by atoms with van der Waals surface area (Å²) in [5.41, 5.74) is -2.12. The molecule has 3 fully saturated rings. The van der Waals surface area contributed by atoms with Gasteiger partial charge in [-0.15, -0.1) is 0 Å². The highest BCUT2D eigenvalue weighted by Crippen LogP contribution is 2.61. The first kappa shape index (κ1) is 13.3. The van der Waals surface area contributed by atoms with Gasteiger partial charge in [0.25, 0.3) is 5.69 Å². The Kier molecular flexibility index (Phi) is 4.73. The average Bonchev–Trinajstić information content (AvgIpc) is 2.60. The second kappa shape index (κ2) is 5.68. The quantitative estimate of drug-likeness (QED) is 0.581. The molecular formula is C10H20NO2PS2. The second-order valence-corrected chi connectivity index (χ2v) is 11.0. The van der Waals surface area contributed by atoms with Crippen LogP contribution in [0.1, 0.15) is 25.7 Å². The molecule has 0 unspecified atom stereocenters. The predicted octanol–water partition coefficient (Wildman–Crippen LogP) is 3.27. The van der Waals surface area contributed by atoms with Gasteiger partial charge in [0, 0.05) is 38.9 Å². The van der Waals surface area contributed by atoms with Gasteiger partial charge in [0.1, 0.15) is 0 Å². The molecule has 0 aromatic carbocycles. The number of rotatable bonds is 4. The maximum absolute atomic E-state index is 5.42. The molecular weight excluding hydrogens is 261 g/mol. The molecule has 16 heavy (non-hydrogen) atoms. The summed E-state index contributed by atoms with van der Waals surface area (Å²) in [6.07, 6.45) is 5.57. The highest BCUT2D eigenvalue weighted by atomic mass is 32.9. The van der Waals surface area contributed by atoms with Crippen molar-refractivity contribution in [3.8, 4) is 0 Å². The van der Waals surface area contributed by atoms with Gasteiger partial charge in [-0.25, -0.2) is 4.31 Å². The van der Waals surface area contributed by atoms with Gasteiger partial charge in [0.2, 0.25) is 0 Å². The fraction of sp³-hybridized carbons (Fsp3) is 1.00. The number of fused-ring (bicyclic) bond motifs is 4. The first-order valence-electron chi connectivity index (χ1n) is 5.81. The van der Waals surface area contributed by atoms with E-state index in [1.165, 1.54) is 25.7 Å². The summed E-state index contributed by atoms with van der Waals surface area (Å²) in [5.74, 6) is 1.73. The SMILES string of the molecule is COP(=S)(OC)SN1CC2CCC(CC2)C1. The molecule has 0 radical (unpaired) electrons. The average molecular weight is 281 g/mol. The first-order valence-corrected chi connectivity index (χ1v) is 9.83. The third kappa shape index (κ3) is 3.21. The van der Waals surface area contributed by atoms with Crippen LogP contribution >= 0.6 is 17.3 Å². The molecule has 0 aromatic heterocycles. The second-order valence-electron chi connectivity index (χ2n) is 4.63. The van der Waals surface area contributed by atoms with Gasteiger partial charge in [-0.3, -0.25) is 0 Å². The fourth-order valence-corrected chi connectivity index (χ4v) is 6.21. The van der Waals surface area contributed by atoms with E-state index < -0.39 is 5.69 Å². The molecule has 3 aliphatic rings. The van der Waals surface area contributed by atoms with Crippen molar-refractivity contribution in [1.29, 1.82) is 0 Å². The molecule has 0 amide bonds. The van der Waals surface area contributed by atoms with E-state index in [0.717, 1.165) is 24.9 Å². The Hall–Kier alpha value is 0.880. The standard InChI is InChI=1S/C10H20NO2PS2/c1-12-14(15,13-2)16-11-7-9-3-4-10(8-11)6-5-9/h9-10H,3-8H2,1-2H3. The molecule has 2 bridgehead atoms. The normalized spacial score (nSPS) is 31.6. The lowest BCUT2D eigenvalue weighted by Crippen LogP contribution is -2.21. The molecule has 0 spiro atoms. The van der Waals surface area contributed by atoms with Crippen molar-refractivity contribution in [3.05, 3.63) is 0 Å². The van der Waals surface area contributed by atoms with Gasteiger partial charge in [-0.1, -0.05) is 0 Å². The lowest BCUT2D eigenvalue weighted by atomic mass is 9.84. The van der Waals surface area contributed by atoms with Crippen molar-refractivity contribution in [3.63, 3.8) is 0 Å². The van der Waals surface area contributed by atoms with Crippen molar-refractivity contribution in [2.24, 2.45) is 11.8 Å². The van der Waals surface area contributed by atoms with Gasteiger partial charge in [-0.2, -0.15) is 0 Å². The van der Waals surface area contributed by atoms with E-state index in [0.29, 0.717) is 0 Å². The number of hydrogen-bond donors (Lipinski definition) is 0. The van der Waals surface area contributed by atoms with Crippen molar-refractivity contribution in [2.45, 2.75) is 25.7 Å². The van der Waals surface area contributed by atoms with E-state index in [1.54, 1.807) is 25.8 Å². The van der Waals surface area contributed by atoms with E-state index in [1.807, 2.05) is 0 Å². The van der Waals surface area contributed by atoms with Gasteiger partial charge in [0.15, 0.2) is 0 Å². The van der Waals surface area contributed by atoms with Crippen molar-refractivity contribution in [2.75, 3.05) is 27.3 Å². The molecule has 94 valence electrons. The lowest BCUT2D eigenvalue weighted by Gasteiger charge is -2.26. The summed E-state index contributed by atoms with van der Waals surface area (Å²) in [5, 5.41) is 0. The smallest absolute Gasteiger partial charge is 0.261 e. The van der Waals surface area contributed by atoms with Crippen LogP contribution in [0.3, 0.4) is 0 Å². The highest BCUT2D eigenvalue weighted by Gasteiger charge is 2.32. The topological polar surface area (TPSA) is 21.7 Å². The van der Waals surface area contributed by atoms with Crippen LogP contribution in [0, 0.1) is 11.8 Å². The molecule has 1 saturated carbocycles. The minimum Gasteiger partial charge on any atom is -0.324 e. The van der Waals surface area contributed by atoms with Crippen LogP contribution in [0.5, 0.6) is 0 Å². The largest absolute Gasteiger partial charge is 0.324 e. The zero-order chi connectivity index (χ0) is 11.6. The van der Waals surface area contributed by atoms with E-state index >= 15 is 0 Å². The monoisotopic (exact) mass is 281 g/mol. The highest BCUT2D eigenvalue weighted by molar-refractivity contribution is 8.67. The predicted molar refractivity (Wildman–Crippen MR) is 72.9 cm³/mol. The Morgan fingerprint density at radius 2 is 1.50 bits per heavy atom. The minimum atomic E-state index is -2.12. The van der Waals surface area contributed by atoms with Crippen LogP contribution in [0.25, 0.3) is 0 Å². The Bertz CT molecular complexity index is 260. The summed E-state index contributed by atoms with van der Waals surface area (Å²) in [6.45, 7) is 2.32. The lowest BCUT2D eigenvalue weighted by molar-refractivity contribution is 0.326. The third-order valence-electron chi connectivity index (χ3n) is 3.55. The fourth-order valence-electron chi connectivity index (χ4n) is 2.60. The van der Waals surface area contributed by atoms with Crippen LogP contribution in [-0.2, 0) is 20.9 Å². The molecule has 6 heteroatoms. The van der Waals surface area contributed by atoms with Crippen LogP contribution in [-0.4, -0.2) is 31.6 Å². The zero-order valence-corrected chi connectivity index (χ0v) is 12.5. The maximum Gasteiger partial charge on any atom is 0.261 e. The van der Waals surface area contributed by atoms with E-state index in [-0.39, 0.29) is 0 Å². The van der Waals surface area contributed by atoms with E-state index in [2.05, 4.69) is 4.31 Å². The molecule has 2 saturated heterocycles. The van der Waals surface area contributed by atoms with Gasteiger partial charge < -0.3 is 9.05 Å². The molecule has 0 N–H and O–H groups in total. The number of nitrogens with zero attached hydrogens (tertiary/aromatic N) is 1. The summed E-state index contributed by atoms with van der Waals surface area (Å²) < 4.78 is 13.1. The summed E-state index contributed by atoms with van der Waals surface area (Å²) in [6, 6.07) is 0. The van der Waals surface area contributed by atoms with Crippen molar-refractivity contribution in [1.82, 2.24) is 4.31 Å². The molecule has 0 aromatic rings. The Morgan fingerprint density at radius 3 is 1.88 bits per heavy atom. The first-order chi connectivity index (χ1) is 7.65. The number of hydrogen-bond acceptors (Lipinski definition) is 5. The molecule has 2 aliphatic heterocycles. The summed E-state index contributed by atoms with van der Waals surface area (Å²) in [7, 11) is 3.31. The summed E-state index contributed by atoms with van der Waals surface area (Å²) in [4.78, 5) is 0. The maximum atomic E-state index is 5.42. The van der Waals surface area contributed by atoms with E-state index in [9.17, 15) is 0 Å². The summed E-state index contributed by atoms with van der Waals surface area (Å²) >= 11 is 7.06. The molecule has 3 rings (SSSR count).